The van der Waals surface area contributed by atoms with Crippen LogP contribution in [-0.2, 0) is 24.3 Å². The molecule has 0 aliphatic carbocycles. The molecule has 1 heterocycles. The Morgan fingerprint density at radius 1 is 1.13 bits per heavy atom. The first-order valence-electron chi connectivity index (χ1n) is 7.77. The van der Waals surface area contributed by atoms with Gasteiger partial charge in [-0.15, -0.1) is 0 Å². The van der Waals surface area contributed by atoms with Gasteiger partial charge < -0.3 is 9.64 Å². The van der Waals surface area contributed by atoms with Crippen molar-refractivity contribution >= 4 is 21.9 Å². The molecule has 1 rings (SSSR count). The van der Waals surface area contributed by atoms with Crippen LogP contribution in [0.2, 0.25) is 0 Å². The van der Waals surface area contributed by atoms with Gasteiger partial charge in [-0.2, -0.15) is 4.31 Å². The Kier molecular flexibility index (Phi) is 7.43. The fraction of sp³-hybridized carbons (Fsp3) is 0.857. The van der Waals surface area contributed by atoms with Gasteiger partial charge in [0.1, 0.15) is 0 Å². The molecular formula is C14H27N3O5S. The van der Waals surface area contributed by atoms with E-state index in [0.29, 0.717) is 32.8 Å². The Bertz CT molecular complexity index is 513. The molecule has 0 aromatic heterocycles. The number of rotatable bonds is 7. The standard InChI is InChI=1S/C14H27N3O5S/c1-5-22-14(19)11-16(12(2)3)10-13(18)15-6-8-17(9-7-15)23(4,20)21/h12H,5-11H2,1-4H3. The summed E-state index contributed by atoms with van der Waals surface area (Å²) >= 11 is 0. The average Bonchev–Trinajstić information content (AvgIpc) is 2.45. The molecule has 0 spiro atoms. The molecule has 1 aliphatic rings. The van der Waals surface area contributed by atoms with Gasteiger partial charge in [0, 0.05) is 32.2 Å². The van der Waals surface area contributed by atoms with E-state index in [1.807, 2.05) is 13.8 Å². The highest BCUT2D eigenvalue weighted by Gasteiger charge is 2.27. The van der Waals surface area contributed by atoms with Crippen LogP contribution in [0.5, 0.6) is 0 Å². The zero-order chi connectivity index (χ0) is 17.6. The average molecular weight is 349 g/mol. The molecule has 0 saturated carbocycles. The monoisotopic (exact) mass is 349 g/mol. The maximum atomic E-state index is 12.4. The Morgan fingerprint density at radius 2 is 1.70 bits per heavy atom. The SMILES string of the molecule is CCOC(=O)CN(CC(=O)N1CCN(S(C)(=O)=O)CC1)C(C)C. The molecule has 1 fully saturated rings. The van der Waals surface area contributed by atoms with E-state index >= 15 is 0 Å². The highest BCUT2D eigenvalue weighted by atomic mass is 32.2. The van der Waals surface area contributed by atoms with Crippen LogP contribution in [0.4, 0.5) is 0 Å². The molecule has 0 radical (unpaired) electrons. The maximum Gasteiger partial charge on any atom is 0.320 e. The molecule has 0 bridgehead atoms. The summed E-state index contributed by atoms with van der Waals surface area (Å²) in [5.74, 6) is -0.452. The second kappa shape index (κ2) is 8.60. The zero-order valence-electron chi connectivity index (χ0n) is 14.3. The van der Waals surface area contributed by atoms with Crippen molar-refractivity contribution < 1.29 is 22.7 Å². The third-order valence-corrected chi connectivity index (χ3v) is 5.07. The fourth-order valence-corrected chi connectivity index (χ4v) is 3.16. The van der Waals surface area contributed by atoms with Crippen molar-refractivity contribution in [3.63, 3.8) is 0 Å². The van der Waals surface area contributed by atoms with Gasteiger partial charge in [0.05, 0.1) is 26.0 Å². The first-order chi connectivity index (χ1) is 10.6. The van der Waals surface area contributed by atoms with E-state index in [9.17, 15) is 18.0 Å². The van der Waals surface area contributed by atoms with Crippen molar-refractivity contribution in [2.45, 2.75) is 26.8 Å². The van der Waals surface area contributed by atoms with E-state index in [2.05, 4.69) is 0 Å². The first kappa shape index (κ1) is 19.9. The van der Waals surface area contributed by atoms with E-state index < -0.39 is 10.0 Å². The first-order valence-corrected chi connectivity index (χ1v) is 9.62. The van der Waals surface area contributed by atoms with Crippen LogP contribution in [0, 0.1) is 0 Å². The number of esters is 1. The van der Waals surface area contributed by atoms with E-state index in [-0.39, 0.29) is 31.0 Å². The number of ether oxygens (including phenoxy) is 1. The minimum atomic E-state index is -3.21. The molecule has 0 unspecified atom stereocenters. The topological polar surface area (TPSA) is 87.2 Å². The molecule has 0 N–H and O–H groups in total. The second-order valence-electron chi connectivity index (χ2n) is 5.85. The number of hydrogen-bond donors (Lipinski definition) is 0. The van der Waals surface area contributed by atoms with Crippen molar-refractivity contribution in [2.75, 3.05) is 52.1 Å². The van der Waals surface area contributed by atoms with Crippen molar-refractivity contribution in [3.8, 4) is 0 Å². The predicted molar refractivity (Wildman–Crippen MR) is 86.3 cm³/mol. The van der Waals surface area contributed by atoms with E-state index in [1.165, 1.54) is 10.6 Å². The quantitative estimate of drug-likeness (QED) is 0.569. The molecule has 8 nitrogen and oxygen atoms in total. The second-order valence-corrected chi connectivity index (χ2v) is 7.83. The van der Waals surface area contributed by atoms with Gasteiger partial charge in [-0.05, 0) is 20.8 Å². The van der Waals surface area contributed by atoms with Crippen molar-refractivity contribution in [3.05, 3.63) is 0 Å². The van der Waals surface area contributed by atoms with Gasteiger partial charge in [-0.1, -0.05) is 0 Å². The highest BCUT2D eigenvalue weighted by molar-refractivity contribution is 7.88. The lowest BCUT2D eigenvalue weighted by Crippen LogP contribution is -2.53. The van der Waals surface area contributed by atoms with Crippen LogP contribution < -0.4 is 0 Å². The van der Waals surface area contributed by atoms with Crippen LogP contribution in [0.1, 0.15) is 20.8 Å². The summed E-state index contributed by atoms with van der Waals surface area (Å²) in [6, 6.07) is 0.0284. The summed E-state index contributed by atoms with van der Waals surface area (Å²) in [5, 5.41) is 0. The lowest BCUT2D eigenvalue weighted by atomic mass is 10.3. The molecule has 1 aliphatic heterocycles. The summed E-state index contributed by atoms with van der Waals surface area (Å²) < 4.78 is 29.2. The van der Waals surface area contributed by atoms with Gasteiger partial charge >= 0.3 is 5.97 Å². The van der Waals surface area contributed by atoms with Crippen LogP contribution in [-0.4, -0.2) is 92.6 Å². The molecule has 9 heteroatoms. The lowest BCUT2D eigenvalue weighted by molar-refractivity contribution is -0.146. The van der Waals surface area contributed by atoms with Gasteiger partial charge in [-0.25, -0.2) is 8.42 Å². The van der Waals surface area contributed by atoms with Gasteiger partial charge in [0.2, 0.25) is 15.9 Å². The van der Waals surface area contributed by atoms with Crippen molar-refractivity contribution in [1.82, 2.24) is 14.1 Å². The van der Waals surface area contributed by atoms with E-state index in [0.717, 1.165) is 0 Å². The molecule has 0 aromatic rings. The Hall–Kier alpha value is -1.19. The number of carbonyl (C=O) groups is 2. The summed E-state index contributed by atoms with van der Waals surface area (Å²) in [7, 11) is -3.21. The normalized spacial score (nSPS) is 16.9. The summed E-state index contributed by atoms with van der Waals surface area (Å²) in [6.45, 7) is 7.43. The van der Waals surface area contributed by atoms with Crippen molar-refractivity contribution in [1.29, 1.82) is 0 Å². The third kappa shape index (κ3) is 6.44. The molecular weight excluding hydrogens is 322 g/mol. The molecule has 0 aromatic carbocycles. The van der Waals surface area contributed by atoms with Crippen LogP contribution in [0.25, 0.3) is 0 Å². The Balaban J connectivity index is 2.55. The smallest absolute Gasteiger partial charge is 0.320 e. The number of nitrogens with zero attached hydrogens (tertiary/aromatic N) is 3. The largest absolute Gasteiger partial charge is 0.465 e. The van der Waals surface area contributed by atoms with E-state index in [4.69, 9.17) is 4.74 Å². The minimum Gasteiger partial charge on any atom is -0.465 e. The summed E-state index contributed by atoms with van der Waals surface area (Å²) in [5.41, 5.74) is 0. The van der Waals surface area contributed by atoms with Crippen molar-refractivity contribution in [2.24, 2.45) is 0 Å². The lowest BCUT2D eigenvalue weighted by Gasteiger charge is -2.35. The maximum absolute atomic E-state index is 12.4. The molecule has 0 atom stereocenters. The summed E-state index contributed by atoms with van der Waals surface area (Å²) in [6.07, 6.45) is 1.17. The number of amides is 1. The Morgan fingerprint density at radius 3 is 2.13 bits per heavy atom. The zero-order valence-corrected chi connectivity index (χ0v) is 15.1. The highest BCUT2D eigenvalue weighted by Crippen LogP contribution is 2.08. The van der Waals surface area contributed by atoms with Crippen LogP contribution in [0.15, 0.2) is 0 Å². The number of hydrogen-bond acceptors (Lipinski definition) is 6. The number of piperazine rings is 1. The Labute approximate surface area is 138 Å². The van der Waals surface area contributed by atoms with E-state index in [1.54, 1.807) is 16.7 Å². The minimum absolute atomic E-state index is 0.0284. The number of sulfonamides is 1. The predicted octanol–water partition coefficient (Wildman–Crippen LogP) is -0.636. The van der Waals surface area contributed by atoms with Gasteiger partial charge in [-0.3, -0.25) is 14.5 Å². The van der Waals surface area contributed by atoms with Crippen LogP contribution >= 0.6 is 0 Å². The fourth-order valence-electron chi connectivity index (χ4n) is 2.34. The molecule has 23 heavy (non-hydrogen) atoms. The van der Waals surface area contributed by atoms with Crippen LogP contribution in [0.3, 0.4) is 0 Å². The summed E-state index contributed by atoms with van der Waals surface area (Å²) in [4.78, 5) is 27.4. The third-order valence-electron chi connectivity index (χ3n) is 3.77. The molecule has 134 valence electrons. The van der Waals surface area contributed by atoms with Gasteiger partial charge in [0.15, 0.2) is 0 Å². The number of carbonyl (C=O) groups excluding carboxylic acids is 2. The molecule has 1 amide bonds. The van der Waals surface area contributed by atoms with Gasteiger partial charge in [0.25, 0.3) is 0 Å². The molecule has 1 saturated heterocycles.